The summed E-state index contributed by atoms with van der Waals surface area (Å²) < 4.78 is 11.2. The Morgan fingerprint density at radius 2 is 1.44 bits per heavy atom. The molecule has 0 saturated carbocycles. The molecular weight excluding hydrogens is 252 g/mol. The standard InChI is InChI=1S/C10H24O3Si3/c1-6-16(11,12-14-7-9(2)3)13-15-8-10(4)5/h7-8,11H,6,14-15H2,1-5H3. The van der Waals surface area contributed by atoms with Crippen LogP contribution in [0.1, 0.15) is 34.6 Å². The molecule has 0 amide bonds. The van der Waals surface area contributed by atoms with Gasteiger partial charge in [0.1, 0.15) is 0 Å². The van der Waals surface area contributed by atoms with Gasteiger partial charge in [-0.15, -0.1) is 0 Å². The third-order valence-electron chi connectivity index (χ3n) is 2.05. The molecule has 16 heavy (non-hydrogen) atoms. The van der Waals surface area contributed by atoms with E-state index in [4.69, 9.17) is 8.23 Å². The van der Waals surface area contributed by atoms with Gasteiger partial charge in [0.25, 0.3) is 0 Å². The van der Waals surface area contributed by atoms with Crippen LogP contribution in [-0.4, -0.2) is 33.1 Å². The molecule has 0 aliphatic carbocycles. The van der Waals surface area contributed by atoms with Gasteiger partial charge in [-0.3, -0.25) is 0 Å². The molecule has 0 atom stereocenters. The third-order valence-corrected chi connectivity index (χ3v) is 9.85. The summed E-state index contributed by atoms with van der Waals surface area (Å²) in [7, 11) is -4.37. The maximum atomic E-state index is 10.2. The highest BCUT2D eigenvalue weighted by molar-refractivity contribution is 6.70. The van der Waals surface area contributed by atoms with E-state index < -0.39 is 28.3 Å². The van der Waals surface area contributed by atoms with E-state index in [1.54, 1.807) is 0 Å². The first-order valence-electron chi connectivity index (χ1n) is 5.66. The van der Waals surface area contributed by atoms with Crippen LogP contribution in [0.25, 0.3) is 0 Å². The fourth-order valence-electron chi connectivity index (χ4n) is 0.923. The Kier molecular flexibility index (Phi) is 8.16. The minimum absolute atomic E-state index is 0.611. The first kappa shape index (κ1) is 16.0. The molecule has 0 aliphatic heterocycles. The van der Waals surface area contributed by atoms with E-state index in [2.05, 4.69) is 11.4 Å². The minimum atomic E-state index is -2.82. The lowest BCUT2D eigenvalue weighted by Crippen LogP contribution is -2.43. The second-order valence-corrected chi connectivity index (χ2v) is 10.2. The van der Waals surface area contributed by atoms with E-state index in [1.807, 2.05) is 34.6 Å². The van der Waals surface area contributed by atoms with Crippen LogP contribution in [0, 0.1) is 0 Å². The largest absolute Gasteiger partial charge is 0.476 e. The van der Waals surface area contributed by atoms with Crippen LogP contribution < -0.4 is 0 Å². The molecular formula is C10H24O3Si3. The van der Waals surface area contributed by atoms with Crippen LogP contribution in [0.15, 0.2) is 22.5 Å². The van der Waals surface area contributed by atoms with Gasteiger partial charge in [-0.2, -0.15) is 0 Å². The summed E-state index contributed by atoms with van der Waals surface area (Å²) in [5, 5.41) is 0. The summed E-state index contributed by atoms with van der Waals surface area (Å²) in [6.45, 7) is 10.1. The maximum absolute atomic E-state index is 10.2. The Balaban J connectivity index is 4.10. The van der Waals surface area contributed by atoms with Crippen molar-refractivity contribution in [1.29, 1.82) is 0 Å². The molecule has 0 aromatic carbocycles. The zero-order valence-electron chi connectivity index (χ0n) is 11.0. The Hall–Kier alpha value is 0.0106. The van der Waals surface area contributed by atoms with Gasteiger partial charge in [0.2, 0.25) is 0 Å². The van der Waals surface area contributed by atoms with Crippen molar-refractivity contribution in [3.05, 3.63) is 22.5 Å². The zero-order chi connectivity index (χ0) is 12.6. The van der Waals surface area contributed by atoms with Gasteiger partial charge >= 0.3 is 8.80 Å². The molecule has 0 unspecified atom stereocenters. The Morgan fingerprint density at radius 3 is 1.69 bits per heavy atom. The normalized spacial score (nSPS) is 15.6. The molecule has 0 bridgehead atoms. The van der Waals surface area contributed by atoms with E-state index >= 15 is 0 Å². The van der Waals surface area contributed by atoms with E-state index in [9.17, 15) is 4.80 Å². The van der Waals surface area contributed by atoms with Crippen molar-refractivity contribution in [2.75, 3.05) is 0 Å². The van der Waals surface area contributed by atoms with Gasteiger partial charge in [-0.1, -0.05) is 29.5 Å². The molecule has 1 N–H and O–H groups in total. The smallest absolute Gasteiger partial charge is 0.418 e. The van der Waals surface area contributed by atoms with Crippen LogP contribution in [-0.2, 0) is 8.23 Å². The molecule has 94 valence electrons. The third kappa shape index (κ3) is 8.20. The fraction of sp³-hybridized carbons (Fsp3) is 0.600. The van der Waals surface area contributed by atoms with Crippen molar-refractivity contribution in [2.45, 2.75) is 40.7 Å². The van der Waals surface area contributed by atoms with Gasteiger partial charge in [0.05, 0.1) is 0 Å². The lowest BCUT2D eigenvalue weighted by atomic mass is 10.4. The number of hydrogen-bond acceptors (Lipinski definition) is 3. The van der Waals surface area contributed by atoms with Crippen molar-refractivity contribution in [3.8, 4) is 0 Å². The van der Waals surface area contributed by atoms with Gasteiger partial charge < -0.3 is 13.0 Å². The molecule has 0 fully saturated rings. The van der Waals surface area contributed by atoms with Crippen molar-refractivity contribution in [1.82, 2.24) is 0 Å². The van der Waals surface area contributed by atoms with Gasteiger partial charge in [-0.05, 0) is 27.7 Å². The Morgan fingerprint density at radius 1 is 1.06 bits per heavy atom. The van der Waals surface area contributed by atoms with Crippen molar-refractivity contribution >= 4 is 28.3 Å². The van der Waals surface area contributed by atoms with Crippen molar-refractivity contribution in [2.24, 2.45) is 0 Å². The highest BCUT2D eigenvalue weighted by Crippen LogP contribution is 2.08. The van der Waals surface area contributed by atoms with Crippen LogP contribution in [0.3, 0.4) is 0 Å². The quantitative estimate of drug-likeness (QED) is 0.705. The van der Waals surface area contributed by atoms with Crippen LogP contribution >= 0.6 is 0 Å². The zero-order valence-corrected chi connectivity index (χ0v) is 14.9. The van der Waals surface area contributed by atoms with Gasteiger partial charge in [0, 0.05) is 6.04 Å². The summed E-state index contributed by atoms with van der Waals surface area (Å²) in [6.07, 6.45) is 0. The number of hydrogen-bond donors (Lipinski definition) is 1. The van der Waals surface area contributed by atoms with E-state index in [-0.39, 0.29) is 0 Å². The molecule has 0 heterocycles. The van der Waals surface area contributed by atoms with Crippen molar-refractivity contribution < 1.29 is 13.0 Å². The SMILES string of the molecule is CC[Si](O)(O[SiH2]C=C(C)C)O[SiH2]C=C(C)C. The average molecular weight is 277 g/mol. The average Bonchev–Trinajstić information content (AvgIpc) is 2.16. The molecule has 0 rings (SSSR count). The maximum Gasteiger partial charge on any atom is 0.476 e. The second kappa shape index (κ2) is 8.15. The molecule has 0 radical (unpaired) electrons. The van der Waals surface area contributed by atoms with E-state index in [1.165, 1.54) is 11.1 Å². The first-order chi connectivity index (χ1) is 7.39. The first-order valence-corrected chi connectivity index (χ1v) is 10.4. The monoisotopic (exact) mass is 276 g/mol. The van der Waals surface area contributed by atoms with Crippen LogP contribution in [0.2, 0.25) is 6.04 Å². The number of rotatable bonds is 7. The Bertz CT molecular complexity index is 234. The fourth-order valence-corrected chi connectivity index (χ4v) is 7.06. The molecule has 0 saturated heterocycles. The summed E-state index contributed by atoms with van der Waals surface area (Å²) in [4.78, 5) is 10.2. The molecule has 0 aromatic rings. The lowest BCUT2D eigenvalue weighted by Gasteiger charge is -2.22. The van der Waals surface area contributed by atoms with Gasteiger partial charge in [0.15, 0.2) is 19.5 Å². The highest BCUT2D eigenvalue weighted by Gasteiger charge is 2.32. The second-order valence-electron chi connectivity index (χ2n) is 4.25. The number of allylic oxidation sites excluding steroid dienone is 2. The summed E-state index contributed by atoms with van der Waals surface area (Å²) in [5.74, 6) is 0. The summed E-state index contributed by atoms with van der Waals surface area (Å²) in [6, 6.07) is 0.611. The molecule has 0 spiro atoms. The lowest BCUT2D eigenvalue weighted by molar-refractivity contribution is 0.267. The molecule has 0 aromatic heterocycles. The molecule has 0 aliphatic rings. The predicted octanol–water partition coefficient (Wildman–Crippen LogP) is 0.986. The summed E-state index contributed by atoms with van der Waals surface area (Å²) >= 11 is 0. The van der Waals surface area contributed by atoms with E-state index in [0.717, 1.165) is 0 Å². The molecule has 6 heteroatoms. The van der Waals surface area contributed by atoms with Gasteiger partial charge in [-0.25, -0.2) is 0 Å². The van der Waals surface area contributed by atoms with Crippen molar-refractivity contribution in [3.63, 3.8) is 0 Å². The highest BCUT2D eigenvalue weighted by atomic mass is 28.4. The topological polar surface area (TPSA) is 38.7 Å². The van der Waals surface area contributed by atoms with Crippen LogP contribution in [0.5, 0.6) is 0 Å². The van der Waals surface area contributed by atoms with Crippen LogP contribution in [0.4, 0.5) is 0 Å². The predicted molar refractivity (Wildman–Crippen MR) is 76.6 cm³/mol. The Labute approximate surface area is 105 Å². The minimum Gasteiger partial charge on any atom is -0.418 e. The molecule has 3 nitrogen and oxygen atoms in total. The summed E-state index contributed by atoms with van der Waals surface area (Å²) in [5.41, 5.74) is 6.69. The van der Waals surface area contributed by atoms with E-state index in [0.29, 0.717) is 6.04 Å².